The van der Waals surface area contributed by atoms with Crippen molar-refractivity contribution < 1.29 is 14.5 Å². The molecule has 1 amide bonds. The first-order valence-corrected chi connectivity index (χ1v) is 8.18. The monoisotopic (exact) mass is 390 g/mol. The molecule has 0 fully saturated rings. The van der Waals surface area contributed by atoms with Crippen LogP contribution in [-0.2, 0) is 18.1 Å². The number of nitrogens with one attached hydrogen (secondary N) is 1. The lowest BCUT2D eigenvalue weighted by Crippen LogP contribution is -2.20. The molecule has 140 valence electrons. The Morgan fingerprint density at radius 1 is 1.41 bits per heavy atom. The Labute approximate surface area is 158 Å². The van der Waals surface area contributed by atoms with Crippen molar-refractivity contribution in [1.29, 1.82) is 0 Å². The smallest absolute Gasteiger partial charge is 0.345 e. The lowest BCUT2D eigenvalue weighted by molar-refractivity contribution is -0.392. The van der Waals surface area contributed by atoms with Crippen molar-refractivity contribution in [3.63, 3.8) is 0 Å². The third kappa shape index (κ3) is 4.82. The summed E-state index contributed by atoms with van der Waals surface area (Å²) in [6, 6.07) is 8.24. The van der Waals surface area contributed by atoms with E-state index in [2.05, 4.69) is 15.5 Å². The summed E-state index contributed by atoms with van der Waals surface area (Å²) in [6.45, 7) is 1.46. The highest BCUT2D eigenvalue weighted by atomic mass is 35.5. The lowest BCUT2D eigenvalue weighted by Gasteiger charge is -2.06. The average molecular weight is 391 g/mol. The van der Waals surface area contributed by atoms with Crippen LogP contribution in [0.15, 0.2) is 42.7 Å². The molecule has 0 saturated heterocycles. The minimum atomic E-state index is -0.585. The molecule has 3 rings (SSSR count). The van der Waals surface area contributed by atoms with Gasteiger partial charge in [0, 0.05) is 5.02 Å². The van der Waals surface area contributed by atoms with Crippen LogP contribution in [-0.4, -0.2) is 30.4 Å². The number of carbonyl (C=O) groups is 1. The van der Waals surface area contributed by atoms with E-state index in [9.17, 15) is 14.9 Å². The number of nitro groups is 1. The number of amides is 1. The number of aromatic nitrogens is 4. The SMILES string of the molecule is Cc1cc([N+](=O)[O-])n(CC(=O)Nc2cnn(COc3cccc(Cl)c3)c2)n1. The molecule has 3 aromatic rings. The molecule has 11 heteroatoms. The number of hydrogen-bond donors (Lipinski definition) is 1. The van der Waals surface area contributed by atoms with Gasteiger partial charge in [-0.3, -0.25) is 4.79 Å². The summed E-state index contributed by atoms with van der Waals surface area (Å²) in [5.74, 6) is -0.116. The highest BCUT2D eigenvalue weighted by molar-refractivity contribution is 6.30. The van der Waals surface area contributed by atoms with E-state index in [0.717, 1.165) is 4.68 Å². The molecule has 0 spiro atoms. The van der Waals surface area contributed by atoms with Crippen molar-refractivity contribution in [2.24, 2.45) is 0 Å². The Balaban J connectivity index is 1.57. The number of rotatable bonds is 7. The first kappa shape index (κ1) is 18.4. The summed E-state index contributed by atoms with van der Waals surface area (Å²) in [4.78, 5) is 22.5. The fourth-order valence-electron chi connectivity index (χ4n) is 2.33. The van der Waals surface area contributed by atoms with Gasteiger partial charge in [0.2, 0.25) is 0 Å². The number of anilines is 1. The number of carbonyl (C=O) groups excluding carboxylic acids is 1. The second-order valence-corrected chi connectivity index (χ2v) is 6.04. The number of aryl methyl sites for hydroxylation is 1. The second-order valence-electron chi connectivity index (χ2n) is 5.61. The fraction of sp³-hybridized carbons (Fsp3) is 0.188. The maximum Gasteiger partial charge on any atom is 0.345 e. The largest absolute Gasteiger partial charge is 0.471 e. The van der Waals surface area contributed by atoms with Gasteiger partial charge in [0.05, 0.1) is 29.8 Å². The zero-order valence-electron chi connectivity index (χ0n) is 14.2. The number of nitrogens with zero attached hydrogens (tertiary/aromatic N) is 5. The molecule has 27 heavy (non-hydrogen) atoms. The second kappa shape index (κ2) is 7.87. The highest BCUT2D eigenvalue weighted by Gasteiger charge is 2.19. The van der Waals surface area contributed by atoms with Gasteiger partial charge in [-0.1, -0.05) is 22.8 Å². The number of benzene rings is 1. The van der Waals surface area contributed by atoms with Gasteiger partial charge < -0.3 is 20.2 Å². The van der Waals surface area contributed by atoms with Gasteiger partial charge >= 0.3 is 5.82 Å². The molecule has 1 N–H and O–H groups in total. The third-order valence-electron chi connectivity index (χ3n) is 3.44. The van der Waals surface area contributed by atoms with Crippen LogP contribution >= 0.6 is 11.6 Å². The molecular formula is C16H15ClN6O4. The number of hydrogen-bond acceptors (Lipinski definition) is 6. The first-order valence-electron chi connectivity index (χ1n) is 7.80. The fourth-order valence-corrected chi connectivity index (χ4v) is 2.51. The van der Waals surface area contributed by atoms with Gasteiger partial charge in [-0.25, -0.2) is 4.68 Å². The molecule has 0 aliphatic carbocycles. The van der Waals surface area contributed by atoms with Gasteiger partial charge in [-0.15, -0.1) is 4.68 Å². The van der Waals surface area contributed by atoms with Crippen LogP contribution in [0.5, 0.6) is 5.75 Å². The Bertz CT molecular complexity index is 983. The van der Waals surface area contributed by atoms with E-state index < -0.39 is 10.8 Å². The Morgan fingerprint density at radius 3 is 2.96 bits per heavy atom. The summed E-state index contributed by atoms with van der Waals surface area (Å²) in [5, 5.41) is 22.2. The summed E-state index contributed by atoms with van der Waals surface area (Å²) in [7, 11) is 0. The van der Waals surface area contributed by atoms with Crippen LogP contribution in [0.3, 0.4) is 0 Å². The van der Waals surface area contributed by atoms with Crippen LogP contribution in [0.25, 0.3) is 0 Å². The average Bonchev–Trinajstić information content (AvgIpc) is 3.19. The molecular weight excluding hydrogens is 376 g/mol. The molecule has 0 unspecified atom stereocenters. The van der Waals surface area contributed by atoms with Crippen LogP contribution < -0.4 is 10.1 Å². The third-order valence-corrected chi connectivity index (χ3v) is 3.67. The molecule has 0 aliphatic heterocycles. The molecule has 2 heterocycles. The van der Waals surface area contributed by atoms with Crippen molar-refractivity contribution in [2.75, 3.05) is 5.32 Å². The van der Waals surface area contributed by atoms with Gasteiger partial charge in [0.1, 0.15) is 5.75 Å². The van der Waals surface area contributed by atoms with E-state index >= 15 is 0 Å². The summed E-state index contributed by atoms with van der Waals surface area (Å²) in [5.41, 5.74) is 0.890. The van der Waals surface area contributed by atoms with E-state index in [-0.39, 0.29) is 19.1 Å². The highest BCUT2D eigenvalue weighted by Crippen LogP contribution is 2.18. The normalized spacial score (nSPS) is 10.6. The molecule has 0 aliphatic rings. The van der Waals surface area contributed by atoms with E-state index in [0.29, 0.717) is 22.2 Å². The molecule has 10 nitrogen and oxygen atoms in total. The maximum absolute atomic E-state index is 12.1. The summed E-state index contributed by atoms with van der Waals surface area (Å²) in [6.07, 6.45) is 3.02. The number of ether oxygens (including phenoxy) is 1. The standard InChI is InChI=1S/C16H15ClN6O4/c1-11-5-16(23(25)26)22(20-11)9-15(24)19-13-7-18-21(8-13)10-27-14-4-2-3-12(17)6-14/h2-8H,9-10H2,1H3,(H,19,24). The zero-order chi connectivity index (χ0) is 19.4. The van der Waals surface area contributed by atoms with Gasteiger partial charge in [0.25, 0.3) is 5.91 Å². The quantitative estimate of drug-likeness (QED) is 0.489. The van der Waals surface area contributed by atoms with Crippen LogP contribution in [0.1, 0.15) is 5.69 Å². The van der Waals surface area contributed by atoms with Crippen molar-refractivity contribution in [2.45, 2.75) is 20.2 Å². The summed E-state index contributed by atoms with van der Waals surface area (Å²) >= 11 is 5.89. The van der Waals surface area contributed by atoms with Crippen molar-refractivity contribution in [1.82, 2.24) is 19.6 Å². The molecule has 0 saturated carbocycles. The van der Waals surface area contributed by atoms with Crippen LogP contribution in [0, 0.1) is 17.0 Å². The van der Waals surface area contributed by atoms with Gasteiger partial charge in [-0.2, -0.15) is 5.10 Å². The van der Waals surface area contributed by atoms with E-state index in [1.54, 1.807) is 37.4 Å². The molecule has 0 atom stereocenters. The van der Waals surface area contributed by atoms with Gasteiger partial charge in [0.15, 0.2) is 13.3 Å². The van der Waals surface area contributed by atoms with Crippen LogP contribution in [0.2, 0.25) is 5.02 Å². The Kier molecular flexibility index (Phi) is 5.36. The minimum Gasteiger partial charge on any atom is -0.471 e. The van der Waals surface area contributed by atoms with Crippen molar-refractivity contribution in [3.05, 3.63) is 63.6 Å². The molecule has 0 radical (unpaired) electrons. The minimum absolute atomic E-state index is 0.125. The van der Waals surface area contributed by atoms with Crippen LogP contribution in [0.4, 0.5) is 11.5 Å². The predicted molar refractivity (Wildman–Crippen MR) is 96.6 cm³/mol. The lowest BCUT2D eigenvalue weighted by atomic mass is 10.3. The number of halogens is 1. The van der Waals surface area contributed by atoms with Crippen molar-refractivity contribution >= 4 is 29.0 Å². The van der Waals surface area contributed by atoms with E-state index in [1.165, 1.54) is 16.9 Å². The molecule has 0 bridgehead atoms. The predicted octanol–water partition coefficient (Wildman–Crippen LogP) is 2.62. The summed E-state index contributed by atoms with van der Waals surface area (Å²) < 4.78 is 8.07. The maximum atomic E-state index is 12.1. The first-order chi connectivity index (χ1) is 12.9. The van der Waals surface area contributed by atoms with Gasteiger partial charge in [-0.05, 0) is 30.0 Å². The Morgan fingerprint density at radius 2 is 2.22 bits per heavy atom. The topological polar surface area (TPSA) is 117 Å². The zero-order valence-corrected chi connectivity index (χ0v) is 15.0. The molecule has 1 aromatic carbocycles. The van der Waals surface area contributed by atoms with E-state index in [1.807, 2.05) is 0 Å². The molecule has 2 aromatic heterocycles. The van der Waals surface area contributed by atoms with E-state index in [4.69, 9.17) is 16.3 Å². The van der Waals surface area contributed by atoms with Crippen molar-refractivity contribution in [3.8, 4) is 5.75 Å². The Hall–Kier alpha value is -3.40.